The van der Waals surface area contributed by atoms with E-state index < -0.39 is 5.97 Å². The van der Waals surface area contributed by atoms with Crippen molar-refractivity contribution in [3.05, 3.63) is 0 Å². The average molecular weight is 245 g/mol. The third-order valence-electron chi connectivity index (χ3n) is 2.66. The molecule has 0 radical (unpaired) electrons. The maximum Gasteiger partial charge on any atom is 0.304 e. The standard InChI is InChI=1S/C11H19NO3S/c1-8(7-10(13)14)16-9(2)11(15)12-5-3-4-6-12/h8-9H,3-7H2,1-2H3,(H,13,14). The van der Waals surface area contributed by atoms with E-state index in [1.165, 1.54) is 11.8 Å². The van der Waals surface area contributed by atoms with Crippen LogP contribution in [-0.4, -0.2) is 45.5 Å². The predicted octanol–water partition coefficient (Wildman–Crippen LogP) is 1.59. The third-order valence-corrected chi connectivity index (χ3v) is 3.91. The van der Waals surface area contributed by atoms with Gasteiger partial charge in [-0.25, -0.2) is 0 Å². The molecular weight excluding hydrogens is 226 g/mol. The number of carbonyl (C=O) groups is 2. The fourth-order valence-electron chi connectivity index (χ4n) is 1.90. The molecule has 16 heavy (non-hydrogen) atoms. The molecule has 0 aromatic rings. The van der Waals surface area contributed by atoms with Crippen molar-refractivity contribution in [2.75, 3.05) is 13.1 Å². The largest absolute Gasteiger partial charge is 0.481 e. The lowest BCUT2D eigenvalue weighted by atomic mass is 10.3. The first-order valence-corrected chi connectivity index (χ1v) is 6.61. The second-order valence-corrected chi connectivity index (χ2v) is 6.00. The number of rotatable bonds is 5. The van der Waals surface area contributed by atoms with E-state index in [0.29, 0.717) is 0 Å². The zero-order valence-corrected chi connectivity index (χ0v) is 10.6. The van der Waals surface area contributed by atoms with E-state index in [1.54, 1.807) is 0 Å². The molecule has 0 aromatic heterocycles. The van der Waals surface area contributed by atoms with Crippen LogP contribution in [0.25, 0.3) is 0 Å². The number of carboxylic acid groups (broad SMARTS) is 1. The molecule has 0 aliphatic carbocycles. The summed E-state index contributed by atoms with van der Waals surface area (Å²) in [5.41, 5.74) is 0. The molecule has 0 saturated carbocycles. The molecule has 1 aliphatic rings. The van der Waals surface area contributed by atoms with Crippen molar-refractivity contribution in [2.45, 2.75) is 43.6 Å². The number of likely N-dealkylation sites (tertiary alicyclic amines) is 1. The molecule has 0 spiro atoms. The van der Waals surface area contributed by atoms with Crippen molar-refractivity contribution in [1.82, 2.24) is 4.90 Å². The molecule has 1 saturated heterocycles. The maximum atomic E-state index is 11.9. The van der Waals surface area contributed by atoms with Gasteiger partial charge in [-0.2, -0.15) is 0 Å². The fourth-order valence-corrected chi connectivity index (χ4v) is 3.10. The Bertz CT molecular complexity index is 264. The van der Waals surface area contributed by atoms with Gasteiger partial charge in [0.2, 0.25) is 5.91 Å². The molecule has 1 amide bonds. The van der Waals surface area contributed by atoms with E-state index in [9.17, 15) is 9.59 Å². The summed E-state index contributed by atoms with van der Waals surface area (Å²) in [5.74, 6) is -0.652. The topological polar surface area (TPSA) is 57.6 Å². The molecule has 92 valence electrons. The van der Waals surface area contributed by atoms with Crippen molar-refractivity contribution < 1.29 is 14.7 Å². The molecule has 1 rings (SSSR count). The van der Waals surface area contributed by atoms with Gasteiger partial charge in [0.1, 0.15) is 0 Å². The lowest BCUT2D eigenvalue weighted by molar-refractivity contribution is -0.137. The van der Waals surface area contributed by atoms with Crippen LogP contribution < -0.4 is 0 Å². The van der Waals surface area contributed by atoms with Gasteiger partial charge < -0.3 is 10.0 Å². The summed E-state index contributed by atoms with van der Waals surface area (Å²) in [5, 5.41) is 8.49. The normalized spacial score (nSPS) is 19.5. The number of thioether (sulfide) groups is 1. The number of aliphatic carboxylic acids is 1. The van der Waals surface area contributed by atoms with Crippen LogP contribution in [-0.2, 0) is 9.59 Å². The second-order valence-electron chi connectivity index (χ2n) is 4.22. The van der Waals surface area contributed by atoms with E-state index in [0.717, 1.165) is 25.9 Å². The highest BCUT2D eigenvalue weighted by Gasteiger charge is 2.25. The van der Waals surface area contributed by atoms with E-state index >= 15 is 0 Å². The molecule has 4 nitrogen and oxygen atoms in total. The molecule has 1 aliphatic heterocycles. The Kier molecular flexibility index (Phi) is 5.12. The SMILES string of the molecule is CC(CC(=O)O)SC(C)C(=O)N1CCCC1. The first kappa shape index (κ1) is 13.4. The number of hydrogen-bond donors (Lipinski definition) is 1. The van der Waals surface area contributed by atoms with Crippen LogP contribution in [0.4, 0.5) is 0 Å². The van der Waals surface area contributed by atoms with Crippen LogP contribution in [0.2, 0.25) is 0 Å². The lowest BCUT2D eigenvalue weighted by Gasteiger charge is -2.21. The lowest BCUT2D eigenvalue weighted by Crippen LogP contribution is -2.34. The minimum absolute atomic E-state index is 0.0148. The Morgan fingerprint density at radius 2 is 1.88 bits per heavy atom. The van der Waals surface area contributed by atoms with Gasteiger partial charge in [-0.3, -0.25) is 9.59 Å². The smallest absolute Gasteiger partial charge is 0.304 e. The molecule has 1 fully saturated rings. The molecule has 2 atom stereocenters. The average Bonchev–Trinajstić information content (AvgIpc) is 2.67. The first-order valence-electron chi connectivity index (χ1n) is 5.66. The fraction of sp³-hybridized carbons (Fsp3) is 0.818. The Morgan fingerprint density at radius 1 is 1.31 bits per heavy atom. The summed E-state index contributed by atoms with van der Waals surface area (Å²) < 4.78 is 0. The maximum absolute atomic E-state index is 11.9. The van der Waals surface area contributed by atoms with Crippen molar-refractivity contribution in [1.29, 1.82) is 0 Å². The Morgan fingerprint density at radius 3 is 2.38 bits per heavy atom. The summed E-state index contributed by atoms with van der Waals surface area (Å²) in [6.45, 7) is 5.43. The molecule has 1 N–H and O–H groups in total. The first-order chi connectivity index (χ1) is 7.50. The summed E-state index contributed by atoms with van der Waals surface area (Å²) in [6, 6.07) is 0. The second kappa shape index (κ2) is 6.13. The number of carbonyl (C=O) groups excluding carboxylic acids is 1. The molecule has 1 heterocycles. The van der Waals surface area contributed by atoms with E-state index in [1.807, 2.05) is 18.7 Å². The zero-order valence-electron chi connectivity index (χ0n) is 9.81. The molecule has 0 aromatic carbocycles. The van der Waals surface area contributed by atoms with Gasteiger partial charge in [-0.1, -0.05) is 6.92 Å². The summed E-state index contributed by atoms with van der Waals surface area (Å²) >= 11 is 1.45. The number of carboxylic acids is 1. The van der Waals surface area contributed by atoms with E-state index in [2.05, 4.69) is 0 Å². The van der Waals surface area contributed by atoms with Crippen molar-refractivity contribution in [3.63, 3.8) is 0 Å². The van der Waals surface area contributed by atoms with Crippen LogP contribution in [0.5, 0.6) is 0 Å². The van der Waals surface area contributed by atoms with Crippen molar-refractivity contribution in [2.24, 2.45) is 0 Å². The third kappa shape index (κ3) is 4.04. The highest BCUT2D eigenvalue weighted by molar-refractivity contribution is 8.01. The van der Waals surface area contributed by atoms with Gasteiger partial charge in [0.05, 0.1) is 11.7 Å². The Balaban J connectivity index is 2.35. The number of nitrogens with zero attached hydrogens (tertiary/aromatic N) is 1. The quantitative estimate of drug-likeness (QED) is 0.799. The predicted molar refractivity (Wildman–Crippen MR) is 64.6 cm³/mol. The van der Waals surface area contributed by atoms with E-state index in [-0.39, 0.29) is 22.8 Å². The molecule has 2 unspecified atom stereocenters. The highest BCUT2D eigenvalue weighted by Crippen LogP contribution is 2.23. The Labute approximate surface area is 100 Å². The Hall–Kier alpha value is -0.710. The summed E-state index contributed by atoms with van der Waals surface area (Å²) in [4.78, 5) is 24.3. The van der Waals surface area contributed by atoms with Gasteiger partial charge in [-0.05, 0) is 19.8 Å². The van der Waals surface area contributed by atoms with Crippen LogP contribution in [0.3, 0.4) is 0 Å². The minimum Gasteiger partial charge on any atom is -0.481 e. The number of amides is 1. The van der Waals surface area contributed by atoms with E-state index in [4.69, 9.17) is 5.11 Å². The zero-order chi connectivity index (χ0) is 12.1. The van der Waals surface area contributed by atoms with Crippen molar-refractivity contribution in [3.8, 4) is 0 Å². The van der Waals surface area contributed by atoms with Crippen LogP contribution in [0.15, 0.2) is 0 Å². The van der Waals surface area contributed by atoms with Gasteiger partial charge >= 0.3 is 5.97 Å². The monoisotopic (exact) mass is 245 g/mol. The van der Waals surface area contributed by atoms with Gasteiger partial charge in [-0.15, -0.1) is 11.8 Å². The van der Waals surface area contributed by atoms with Gasteiger partial charge in [0.25, 0.3) is 0 Å². The van der Waals surface area contributed by atoms with Crippen LogP contribution in [0.1, 0.15) is 33.1 Å². The van der Waals surface area contributed by atoms with Gasteiger partial charge in [0, 0.05) is 18.3 Å². The van der Waals surface area contributed by atoms with Crippen molar-refractivity contribution >= 4 is 23.6 Å². The van der Waals surface area contributed by atoms with Crippen LogP contribution in [0, 0.1) is 0 Å². The number of hydrogen-bond acceptors (Lipinski definition) is 3. The summed E-state index contributed by atoms with van der Waals surface area (Å²) in [6.07, 6.45) is 2.30. The molecular formula is C11H19NO3S. The van der Waals surface area contributed by atoms with Gasteiger partial charge in [0.15, 0.2) is 0 Å². The van der Waals surface area contributed by atoms with Crippen LogP contribution >= 0.6 is 11.8 Å². The summed E-state index contributed by atoms with van der Waals surface area (Å²) in [7, 11) is 0. The highest BCUT2D eigenvalue weighted by atomic mass is 32.2. The molecule has 5 heteroatoms. The minimum atomic E-state index is -0.805. The molecule has 0 bridgehead atoms.